The summed E-state index contributed by atoms with van der Waals surface area (Å²) in [7, 11) is 0. The Balaban J connectivity index is 0.00000605. The van der Waals surface area contributed by atoms with Gasteiger partial charge in [0.15, 0.2) is 5.82 Å². The number of primary amides is 1. The first-order valence-corrected chi connectivity index (χ1v) is 17.9. The maximum absolute atomic E-state index is 14.2. The van der Waals surface area contributed by atoms with Crippen molar-refractivity contribution in [2.45, 2.75) is 65.3 Å². The number of hydrogen-bond donors (Lipinski definition) is 4. The molecule has 1 aliphatic rings. The highest BCUT2D eigenvalue weighted by Crippen LogP contribution is 2.33. The fraction of sp³-hybridized carbons (Fsp3) is 0.447. The van der Waals surface area contributed by atoms with Crippen molar-refractivity contribution in [1.82, 2.24) is 35.8 Å². The van der Waals surface area contributed by atoms with Gasteiger partial charge in [-0.2, -0.15) is 0 Å². The number of H-pyrrole nitrogens is 1. The summed E-state index contributed by atoms with van der Waals surface area (Å²) < 4.78 is 0. The van der Waals surface area contributed by atoms with Gasteiger partial charge in [0.1, 0.15) is 11.7 Å². The Bertz CT molecular complexity index is 1740. The summed E-state index contributed by atoms with van der Waals surface area (Å²) in [5.74, 6) is -0.224. The molecule has 1 fully saturated rings. The van der Waals surface area contributed by atoms with E-state index >= 15 is 0 Å². The molecule has 4 aromatic rings. The fourth-order valence-electron chi connectivity index (χ4n) is 6.84. The molecule has 0 bridgehead atoms. The SMILES string of the molecule is CCN(CC)CCCNC(=O)c1cc(C)c(-c2ccc(C[C@@H](C(N)=O)N(c3ccc(-c4nnn[nH]4)cc3)C(=O)[C@H]3CC[C@H](CN)CC3)cc2)cn1.Cl. The summed E-state index contributed by atoms with van der Waals surface area (Å²) in [5, 5.41) is 17.0. The topological polar surface area (TPSA) is 189 Å². The number of halogens is 1. The molecule has 278 valence electrons. The van der Waals surface area contributed by atoms with Crippen molar-refractivity contribution in [3.8, 4) is 22.5 Å². The number of carbonyl (C=O) groups excluding carboxylic acids is 3. The highest BCUT2D eigenvalue weighted by atomic mass is 35.5. The van der Waals surface area contributed by atoms with Crippen molar-refractivity contribution in [2.75, 3.05) is 37.6 Å². The predicted octanol–water partition coefficient (Wildman–Crippen LogP) is 4.32. The fourth-order valence-corrected chi connectivity index (χ4v) is 6.84. The van der Waals surface area contributed by atoms with Gasteiger partial charge in [0.05, 0.1) is 0 Å². The zero-order valence-electron chi connectivity index (χ0n) is 30.3. The van der Waals surface area contributed by atoms with Gasteiger partial charge >= 0.3 is 0 Å². The van der Waals surface area contributed by atoms with Crippen LogP contribution in [0.4, 0.5) is 5.69 Å². The highest BCUT2D eigenvalue weighted by molar-refractivity contribution is 6.02. The molecule has 2 aromatic heterocycles. The Morgan fingerprint density at radius 3 is 2.23 bits per heavy atom. The molecule has 5 rings (SSSR count). The average molecular weight is 731 g/mol. The van der Waals surface area contributed by atoms with E-state index in [-0.39, 0.29) is 36.6 Å². The van der Waals surface area contributed by atoms with Crippen LogP contribution < -0.4 is 21.7 Å². The summed E-state index contributed by atoms with van der Waals surface area (Å²) >= 11 is 0. The second kappa shape index (κ2) is 19.2. The quantitative estimate of drug-likeness (QED) is 0.122. The lowest BCUT2D eigenvalue weighted by Crippen LogP contribution is -2.52. The summed E-state index contributed by atoms with van der Waals surface area (Å²) in [6, 6.07) is 15.9. The number of pyridine rings is 1. The molecule has 6 N–H and O–H groups in total. The second-order valence-corrected chi connectivity index (χ2v) is 13.3. The number of aryl methyl sites for hydroxylation is 1. The first-order valence-electron chi connectivity index (χ1n) is 17.9. The lowest BCUT2D eigenvalue weighted by molar-refractivity contribution is -0.127. The molecule has 13 nitrogen and oxygen atoms in total. The molecule has 0 spiro atoms. The van der Waals surface area contributed by atoms with Gasteiger partial charge in [0, 0.05) is 41.9 Å². The smallest absolute Gasteiger partial charge is 0.269 e. The molecule has 0 aliphatic heterocycles. The monoisotopic (exact) mass is 730 g/mol. The number of anilines is 1. The van der Waals surface area contributed by atoms with Crippen molar-refractivity contribution in [3.63, 3.8) is 0 Å². The third-order valence-corrected chi connectivity index (χ3v) is 10.0. The van der Waals surface area contributed by atoms with Crippen molar-refractivity contribution in [3.05, 3.63) is 77.6 Å². The number of nitrogens with zero attached hydrogens (tertiary/aromatic N) is 6. The molecule has 1 saturated carbocycles. The number of aromatic nitrogens is 5. The standard InChI is InChI=1S/C38H50N10O3.ClH/c1-4-47(5-2)20-6-19-41-37(50)33-21-25(3)32(24-42-33)28-11-7-26(8-12-28)22-34(35(40)49)48(38(51)30-13-9-27(23-39)10-14-30)31-17-15-29(16-18-31)36-43-45-46-44-36;/h7-8,11-12,15-18,21,24,27,30,34H,4-6,9-10,13-14,19-20,22-23,39H2,1-3H3,(H2,40,49)(H,41,50)(H,43,44,45,46);1H/t27-,30-,34-;/m0./s1. The van der Waals surface area contributed by atoms with E-state index in [1.807, 2.05) is 43.3 Å². The second-order valence-electron chi connectivity index (χ2n) is 13.3. The van der Waals surface area contributed by atoms with E-state index in [0.29, 0.717) is 49.1 Å². The number of tetrazole rings is 1. The predicted molar refractivity (Wildman–Crippen MR) is 205 cm³/mol. The molecule has 14 heteroatoms. The minimum atomic E-state index is -0.915. The van der Waals surface area contributed by atoms with Crippen molar-refractivity contribution < 1.29 is 14.4 Å². The largest absolute Gasteiger partial charge is 0.368 e. The van der Waals surface area contributed by atoms with Crippen LogP contribution in [0.2, 0.25) is 0 Å². The minimum absolute atomic E-state index is 0. The van der Waals surface area contributed by atoms with Crippen LogP contribution in [0.1, 0.15) is 67.6 Å². The third-order valence-electron chi connectivity index (χ3n) is 10.0. The van der Waals surface area contributed by atoms with Gasteiger partial charge in [-0.25, -0.2) is 5.10 Å². The summed E-state index contributed by atoms with van der Waals surface area (Å²) in [6.07, 6.45) is 6.00. The van der Waals surface area contributed by atoms with E-state index in [9.17, 15) is 14.4 Å². The third kappa shape index (κ3) is 9.99. The summed E-state index contributed by atoms with van der Waals surface area (Å²) in [5.41, 5.74) is 17.3. The van der Waals surface area contributed by atoms with Crippen LogP contribution in [-0.2, 0) is 16.0 Å². The Morgan fingerprint density at radius 1 is 0.981 bits per heavy atom. The molecule has 52 heavy (non-hydrogen) atoms. The number of carbonyl (C=O) groups is 3. The van der Waals surface area contributed by atoms with Crippen LogP contribution in [0.25, 0.3) is 22.5 Å². The van der Waals surface area contributed by atoms with Gasteiger partial charge in [0.2, 0.25) is 11.8 Å². The minimum Gasteiger partial charge on any atom is -0.368 e. The van der Waals surface area contributed by atoms with Gasteiger partial charge < -0.3 is 21.7 Å². The molecule has 3 amide bonds. The van der Waals surface area contributed by atoms with Crippen molar-refractivity contribution >= 4 is 35.8 Å². The summed E-state index contributed by atoms with van der Waals surface area (Å²) in [6.45, 7) is 10.4. The lowest BCUT2D eigenvalue weighted by Gasteiger charge is -2.35. The Labute approximate surface area is 311 Å². The molecular weight excluding hydrogens is 680 g/mol. The van der Waals surface area contributed by atoms with Crippen LogP contribution >= 0.6 is 12.4 Å². The van der Waals surface area contributed by atoms with E-state index in [0.717, 1.165) is 66.7 Å². The highest BCUT2D eigenvalue weighted by Gasteiger charge is 2.36. The number of rotatable bonds is 16. The first-order chi connectivity index (χ1) is 24.7. The van der Waals surface area contributed by atoms with E-state index in [4.69, 9.17) is 11.5 Å². The molecule has 1 atom stereocenters. The first kappa shape index (κ1) is 40.1. The number of aromatic amines is 1. The zero-order valence-corrected chi connectivity index (χ0v) is 31.1. The molecular formula is C38H51ClN10O3. The molecule has 0 saturated heterocycles. The number of nitrogens with one attached hydrogen (secondary N) is 2. The van der Waals surface area contributed by atoms with Gasteiger partial charge in [-0.1, -0.05) is 38.1 Å². The molecule has 0 unspecified atom stereocenters. The van der Waals surface area contributed by atoms with E-state index < -0.39 is 11.9 Å². The van der Waals surface area contributed by atoms with E-state index in [2.05, 4.69) is 49.7 Å². The average Bonchev–Trinajstić information content (AvgIpc) is 3.70. The van der Waals surface area contributed by atoms with Gasteiger partial charge in [-0.3, -0.25) is 24.3 Å². The lowest BCUT2D eigenvalue weighted by atomic mass is 9.81. The number of amides is 3. The molecule has 0 radical (unpaired) electrons. The van der Waals surface area contributed by atoms with Crippen LogP contribution in [-0.4, -0.2) is 87.0 Å². The van der Waals surface area contributed by atoms with E-state index in [1.165, 1.54) is 0 Å². The molecule has 2 heterocycles. The molecule has 2 aromatic carbocycles. The van der Waals surface area contributed by atoms with E-state index in [1.54, 1.807) is 29.3 Å². The normalized spacial score (nSPS) is 16.2. The number of nitrogens with two attached hydrogens (primary N) is 2. The van der Waals surface area contributed by atoms with Crippen LogP contribution in [0, 0.1) is 18.8 Å². The maximum atomic E-state index is 14.2. The zero-order chi connectivity index (χ0) is 36.3. The van der Waals surface area contributed by atoms with Crippen LogP contribution in [0.5, 0.6) is 0 Å². The Morgan fingerprint density at radius 2 is 1.65 bits per heavy atom. The maximum Gasteiger partial charge on any atom is 0.269 e. The number of benzene rings is 2. The van der Waals surface area contributed by atoms with Crippen molar-refractivity contribution in [1.29, 1.82) is 0 Å². The Kier molecular flexibility index (Phi) is 14.8. The van der Waals surface area contributed by atoms with Crippen LogP contribution in [0.3, 0.4) is 0 Å². The van der Waals surface area contributed by atoms with Gasteiger partial charge in [-0.05, 0) is 129 Å². The van der Waals surface area contributed by atoms with Gasteiger partial charge in [-0.15, -0.1) is 17.5 Å². The van der Waals surface area contributed by atoms with Crippen molar-refractivity contribution in [2.24, 2.45) is 23.3 Å². The number of hydrogen-bond acceptors (Lipinski definition) is 9. The Hall–Kier alpha value is -4.72. The molecule has 1 aliphatic carbocycles. The van der Waals surface area contributed by atoms with Crippen LogP contribution in [0.15, 0.2) is 60.8 Å². The summed E-state index contributed by atoms with van der Waals surface area (Å²) in [4.78, 5) is 48.5. The van der Waals surface area contributed by atoms with Gasteiger partial charge in [0.25, 0.3) is 5.91 Å².